The summed E-state index contributed by atoms with van der Waals surface area (Å²) in [5.74, 6) is -0.911. The van der Waals surface area contributed by atoms with Crippen LogP contribution in [0.5, 0.6) is 0 Å². The molecule has 2 rings (SSSR count). The monoisotopic (exact) mass is 468 g/mol. The zero-order valence-electron chi connectivity index (χ0n) is 18.3. The molecule has 1 aliphatic rings. The van der Waals surface area contributed by atoms with Crippen LogP contribution in [-0.4, -0.2) is 41.4 Å². The number of benzene rings is 1. The van der Waals surface area contributed by atoms with Gasteiger partial charge in [0.05, 0.1) is 5.56 Å². The van der Waals surface area contributed by atoms with E-state index in [1.807, 2.05) is 34.6 Å². The van der Waals surface area contributed by atoms with Gasteiger partial charge in [-0.15, -0.1) is 0 Å². The number of alkyl carbamates (subject to hydrolysis) is 1. The Morgan fingerprint density at radius 2 is 1.79 bits per heavy atom. The zero-order chi connectivity index (χ0) is 21.9. The van der Waals surface area contributed by atoms with Gasteiger partial charge in [-0.05, 0) is 84.4 Å². The van der Waals surface area contributed by atoms with Crippen LogP contribution in [0, 0.1) is 13.8 Å². The van der Waals surface area contributed by atoms with Crippen molar-refractivity contribution in [3.63, 3.8) is 0 Å². The Hall–Kier alpha value is -1.76. The highest BCUT2D eigenvalue weighted by atomic mass is 79.9. The van der Waals surface area contributed by atoms with Crippen molar-refractivity contribution in [1.29, 1.82) is 0 Å². The molecule has 0 aromatic heterocycles. The molecule has 1 aliphatic carbocycles. The number of carboxylic acid groups (broad SMARTS) is 1. The number of nitrogens with one attached hydrogen (secondary N) is 1. The molecule has 6 nitrogen and oxygen atoms in total. The number of aromatic carboxylic acids is 1. The fourth-order valence-electron chi connectivity index (χ4n) is 4.12. The molecule has 1 fully saturated rings. The lowest BCUT2D eigenvalue weighted by Gasteiger charge is -2.40. The summed E-state index contributed by atoms with van der Waals surface area (Å²) in [4.78, 5) is 26.0. The number of carbonyl (C=O) groups excluding carboxylic acids is 1. The van der Waals surface area contributed by atoms with Gasteiger partial charge in [0.1, 0.15) is 5.60 Å². The largest absolute Gasteiger partial charge is 0.478 e. The van der Waals surface area contributed by atoms with E-state index in [2.05, 4.69) is 33.1 Å². The SMILES string of the molecule is CCN(c1c(C)c(Br)cc(C(=O)O)c1C)C1CCC(NC(=O)OC(C)(C)C)CC1. The summed E-state index contributed by atoms with van der Waals surface area (Å²) in [7, 11) is 0. The Morgan fingerprint density at radius 1 is 1.21 bits per heavy atom. The van der Waals surface area contributed by atoms with Crippen molar-refractivity contribution in [1.82, 2.24) is 5.32 Å². The molecule has 1 saturated carbocycles. The maximum Gasteiger partial charge on any atom is 0.407 e. The van der Waals surface area contributed by atoms with E-state index < -0.39 is 11.6 Å². The first-order valence-electron chi connectivity index (χ1n) is 10.2. The van der Waals surface area contributed by atoms with Gasteiger partial charge in [0.25, 0.3) is 0 Å². The van der Waals surface area contributed by atoms with Crippen molar-refractivity contribution in [2.45, 2.75) is 84.9 Å². The Morgan fingerprint density at radius 3 is 2.28 bits per heavy atom. The van der Waals surface area contributed by atoms with Crippen molar-refractivity contribution in [3.8, 4) is 0 Å². The molecule has 0 radical (unpaired) electrons. The summed E-state index contributed by atoms with van der Waals surface area (Å²) in [6, 6.07) is 2.11. The molecule has 0 heterocycles. The average Bonchev–Trinajstić information content (AvgIpc) is 2.60. The van der Waals surface area contributed by atoms with Crippen LogP contribution in [0.4, 0.5) is 10.5 Å². The van der Waals surface area contributed by atoms with E-state index in [1.54, 1.807) is 6.07 Å². The van der Waals surface area contributed by atoms with Crippen LogP contribution in [-0.2, 0) is 4.74 Å². The minimum atomic E-state index is -0.911. The van der Waals surface area contributed by atoms with Gasteiger partial charge in [-0.2, -0.15) is 0 Å². The summed E-state index contributed by atoms with van der Waals surface area (Å²) < 4.78 is 6.18. The van der Waals surface area contributed by atoms with Crippen molar-refractivity contribution in [3.05, 3.63) is 27.2 Å². The lowest BCUT2D eigenvalue weighted by molar-refractivity contribution is 0.0490. The van der Waals surface area contributed by atoms with Gasteiger partial charge < -0.3 is 20.1 Å². The van der Waals surface area contributed by atoms with E-state index in [0.717, 1.165) is 53.5 Å². The van der Waals surface area contributed by atoms with Crippen LogP contribution in [0.2, 0.25) is 0 Å². The second kappa shape index (κ2) is 9.37. The second-order valence-electron chi connectivity index (χ2n) is 8.75. The quantitative estimate of drug-likeness (QED) is 0.602. The van der Waals surface area contributed by atoms with Crippen LogP contribution in [0.3, 0.4) is 0 Å². The number of hydrogen-bond donors (Lipinski definition) is 2. The summed E-state index contributed by atoms with van der Waals surface area (Å²) in [5.41, 5.74) is 2.69. The van der Waals surface area contributed by atoms with Gasteiger partial charge in [-0.25, -0.2) is 9.59 Å². The Bertz CT molecular complexity index is 765. The highest BCUT2D eigenvalue weighted by Gasteiger charge is 2.30. The first-order chi connectivity index (χ1) is 13.4. The van der Waals surface area contributed by atoms with Crippen molar-refractivity contribution >= 4 is 33.7 Å². The highest BCUT2D eigenvalue weighted by Crippen LogP contribution is 2.37. The highest BCUT2D eigenvalue weighted by molar-refractivity contribution is 9.10. The molecular weight excluding hydrogens is 436 g/mol. The number of nitrogens with zero attached hydrogens (tertiary/aromatic N) is 1. The van der Waals surface area contributed by atoms with Crippen LogP contribution in [0.15, 0.2) is 10.5 Å². The third kappa shape index (κ3) is 5.87. The predicted molar refractivity (Wildman–Crippen MR) is 119 cm³/mol. The zero-order valence-corrected chi connectivity index (χ0v) is 19.9. The molecular formula is C22H33BrN2O4. The van der Waals surface area contributed by atoms with Gasteiger partial charge in [0.2, 0.25) is 0 Å². The van der Waals surface area contributed by atoms with E-state index in [-0.39, 0.29) is 12.1 Å². The first-order valence-corrected chi connectivity index (χ1v) is 11.0. The normalized spacial score (nSPS) is 19.6. The second-order valence-corrected chi connectivity index (χ2v) is 9.60. The van der Waals surface area contributed by atoms with Crippen LogP contribution >= 0.6 is 15.9 Å². The third-order valence-corrected chi connectivity index (χ3v) is 6.28. The number of amides is 1. The van der Waals surface area contributed by atoms with Crippen LogP contribution in [0.25, 0.3) is 0 Å². The number of anilines is 1. The maximum absolute atomic E-state index is 12.0. The molecule has 0 atom stereocenters. The number of ether oxygens (including phenoxy) is 1. The summed E-state index contributed by atoms with van der Waals surface area (Å²) >= 11 is 3.53. The van der Waals surface area contributed by atoms with Crippen LogP contribution < -0.4 is 10.2 Å². The topological polar surface area (TPSA) is 78.9 Å². The fraction of sp³-hybridized carbons (Fsp3) is 0.636. The van der Waals surface area contributed by atoms with Gasteiger partial charge in [-0.1, -0.05) is 15.9 Å². The number of halogens is 1. The summed E-state index contributed by atoms with van der Waals surface area (Å²) in [5, 5.41) is 12.6. The van der Waals surface area contributed by atoms with Gasteiger partial charge in [-0.3, -0.25) is 0 Å². The Kier molecular flexibility index (Phi) is 7.60. The van der Waals surface area contributed by atoms with Gasteiger partial charge >= 0.3 is 12.1 Å². The van der Waals surface area contributed by atoms with Crippen molar-refractivity contribution in [2.24, 2.45) is 0 Å². The van der Waals surface area contributed by atoms with E-state index in [9.17, 15) is 14.7 Å². The fourth-order valence-corrected chi connectivity index (χ4v) is 4.54. The molecule has 162 valence electrons. The molecule has 1 aromatic carbocycles. The van der Waals surface area contributed by atoms with E-state index in [4.69, 9.17) is 4.74 Å². The van der Waals surface area contributed by atoms with Crippen LogP contribution in [0.1, 0.15) is 74.9 Å². The molecule has 2 N–H and O–H groups in total. The van der Waals surface area contributed by atoms with Gasteiger partial charge in [0, 0.05) is 28.8 Å². The maximum atomic E-state index is 12.0. The van der Waals surface area contributed by atoms with E-state index >= 15 is 0 Å². The Labute approximate surface area is 182 Å². The van der Waals surface area contributed by atoms with E-state index in [0.29, 0.717) is 11.6 Å². The molecule has 1 aromatic rings. The molecule has 0 bridgehead atoms. The summed E-state index contributed by atoms with van der Waals surface area (Å²) in [6.07, 6.45) is 3.25. The predicted octanol–water partition coefficient (Wildman–Crippen LogP) is 5.43. The Balaban J connectivity index is 2.14. The van der Waals surface area contributed by atoms with Crippen molar-refractivity contribution in [2.75, 3.05) is 11.4 Å². The minimum absolute atomic E-state index is 0.110. The average molecular weight is 469 g/mol. The van der Waals surface area contributed by atoms with Gasteiger partial charge in [0.15, 0.2) is 0 Å². The van der Waals surface area contributed by atoms with Crippen molar-refractivity contribution < 1.29 is 19.4 Å². The molecule has 7 heteroatoms. The third-order valence-electron chi connectivity index (χ3n) is 5.46. The minimum Gasteiger partial charge on any atom is -0.478 e. The molecule has 1 amide bonds. The lowest BCUT2D eigenvalue weighted by Crippen LogP contribution is -2.45. The first kappa shape index (κ1) is 23.5. The molecule has 29 heavy (non-hydrogen) atoms. The lowest BCUT2D eigenvalue weighted by atomic mass is 9.89. The number of rotatable bonds is 5. The molecule has 0 aliphatic heterocycles. The number of carbonyl (C=O) groups is 2. The van der Waals surface area contributed by atoms with E-state index in [1.165, 1.54) is 0 Å². The molecule has 0 unspecified atom stereocenters. The summed E-state index contributed by atoms with van der Waals surface area (Å²) in [6.45, 7) is 12.4. The molecule has 0 saturated heterocycles. The standard InChI is InChI=1S/C22H33BrN2O4/c1-7-25(19-13(2)17(20(26)27)12-18(23)14(19)3)16-10-8-15(9-11-16)24-21(28)29-22(4,5)6/h12,15-16H,7-11H2,1-6H3,(H,24,28)(H,26,27). The molecule has 0 spiro atoms. The number of hydrogen-bond acceptors (Lipinski definition) is 4. The smallest absolute Gasteiger partial charge is 0.407 e. The number of carboxylic acids is 1.